The number of carbonyl (C=O) groups is 1. The highest BCUT2D eigenvalue weighted by atomic mass is 32.1. The zero-order valence-corrected chi connectivity index (χ0v) is 10.9. The van der Waals surface area contributed by atoms with E-state index >= 15 is 0 Å². The molecule has 1 aromatic carbocycles. The number of nitriles is 1. The van der Waals surface area contributed by atoms with Crippen LogP contribution in [0.5, 0.6) is 0 Å². The van der Waals surface area contributed by atoms with E-state index in [2.05, 4.69) is 17.9 Å². The lowest BCUT2D eigenvalue weighted by Crippen LogP contribution is -2.16. The molecule has 0 amide bonds. The summed E-state index contributed by atoms with van der Waals surface area (Å²) in [6.07, 6.45) is 0. The van der Waals surface area contributed by atoms with Gasteiger partial charge in [-0.2, -0.15) is 5.26 Å². The van der Waals surface area contributed by atoms with Gasteiger partial charge >= 0.3 is 5.97 Å². The number of nitrogens with zero attached hydrogens (tertiary/aromatic N) is 1. The maximum atomic E-state index is 11.4. The summed E-state index contributed by atoms with van der Waals surface area (Å²) in [6, 6.07) is 11.4. The van der Waals surface area contributed by atoms with Crippen LogP contribution in [0.25, 0.3) is 0 Å². The molecule has 0 saturated heterocycles. The summed E-state index contributed by atoms with van der Waals surface area (Å²) in [7, 11) is 0. The first-order valence-electron chi connectivity index (χ1n) is 5.47. The number of hydrogen-bond donors (Lipinski definition) is 2. The van der Waals surface area contributed by atoms with Crippen LogP contribution in [0, 0.1) is 11.3 Å². The lowest BCUT2D eigenvalue weighted by molar-refractivity contribution is -0.138. The topological polar surface area (TPSA) is 62.1 Å². The number of hydrogen-bond acceptors (Lipinski definition) is 5. The average Bonchev–Trinajstić information content (AvgIpc) is 2.39. The van der Waals surface area contributed by atoms with Crippen LogP contribution in [-0.4, -0.2) is 12.6 Å². The minimum atomic E-state index is -0.662. The summed E-state index contributed by atoms with van der Waals surface area (Å²) in [6.45, 7) is 2.40. The molecule has 4 nitrogen and oxygen atoms in total. The second-order valence-electron chi connectivity index (χ2n) is 3.40. The molecule has 0 fully saturated rings. The first-order valence-corrected chi connectivity index (χ1v) is 5.92. The van der Waals surface area contributed by atoms with Crippen LogP contribution in [0.2, 0.25) is 0 Å². The fourth-order valence-corrected chi connectivity index (χ4v) is 1.49. The molecular weight excluding hydrogens is 248 g/mol. The van der Waals surface area contributed by atoms with E-state index in [4.69, 9.17) is 10.00 Å². The van der Waals surface area contributed by atoms with E-state index in [-0.39, 0.29) is 17.2 Å². The Bertz CT molecular complexity index is 478. The zero-order valence-electron chi connectivity index (χ0n) is 10.0. The summed E-state index contributed by atoms with van der Waals surface area (Å²) in [5.41, 5.74) is 0.918. The molecule has 1 rings (SSSR count). The fourth-order valence-electron chi connectivity index (χ4n) is 1.27. The summed E-state index contributed by atoms with van der Waals surface area (Å²) < 4.78 is 4.76. The molecular formula is C13H14N2O2S. The van der Waals surface area contributed by atoms with E-state index in [1.165, 1.54) is 0 Å². The van der Waals surface area contributed by atoms with Crippen LogP contribution in [0.15, 0.2) is 40.9 Å². The molecule has 0 heterocycles. The Morgan fingerprint density at radius 1 is 1.44 bits per heavy atom. The number of ether oxygens (including phenoxy) is 1. The van der Waals surface area contributed by atoms with Crippen molar-refractivity contribution in [1.29, 1.82) is 5.26 Å². The average molecular weight is 262 g/mol. The first-order chi connectivity index (χ1) is 8.69. The van der Waals surface area contributed by atoms with Gasteiger partial charge in [-0.15, -0.1) is 12.6 Å². The molecule has 0 aliphatic heterocycles. The molecule has 1 N–H and O–H groups in total. The van der Waals surface area contributed by atoms with Gasteiger partial charge in [0.1, 0.15) is 6.07 Å². The van der Waals surface area contributed by atoms with Gasteiger partial charge in [0.05, 0.1) is 11.6 Å². The summed E-state index contributed by atoms with van der Waals surface area (Å²) in [4.78, 5) is 11.4. The van der Waals surface area contributed by atoms with Crippen LogP contribution in [-0.2, 0) is 16.1 Å². The molecule has 5 heteroatoms. The lowest BCUT2D eigenvalue weighted by Gasteiger charge is -2.08. The van der Waals surface area contributed by atoms with E-state index in [0.29, 0.717) is 6.54 Å². The molecule has 0 aromatic heterocycles. The molecule has 0 spiro atoms. The molecule has 1 aromatic rings. The monoisotopic (exact) mass is 262 g/mol. The number of nitrogens with one attached hydrogen (secondary N) is 1. The van der Waals surface area contributed by atoms with Crippen LogP contribution in [0.3, 0.4) is 0 Å². The summed E-state index contributed by atoms with van der Waals surface area (Å²) in [5.74, 6) is -0.662. The van der Waals surface area contributed by atoms with E-state index in [1.54, 1.807) is 13.0 Å². The molecule has 0 radical (unpaired) electrons. The predicted molar refractivity (Wildman–Crippen MR) is 71.5 cm³/mol. The largest absolute Gasteiger partial charge is 0.462 e. The third-order valence-electron chi connectivity index (χ3n) is 2.13. The smallest absolute Gasteiger partial charge is 0.351 e. The van der Waals surface area contributed by atoms with E-state index in [9.17, 15) is 4.79 Å². The Morgan fingerprint density at radius 3 is 2.67 bits per heavy atom. The SMILES string of the molecule is CCOC(=O)/C(C#N)=C(\S)NCc1ccccc1. The number of benzene rings is 1. The van der Waals surface area contributed by atoms with E-state index < -0.39 is 5.97 Å². The lowest BCUT2D eigenvalue weighted by atomic mass is 10.2. The highest BCUT2D eigenvalue weighted by Gasteiger charge is 2.14. The van der Waals surface area contributed by atoms with Crippen molar-refractivity contribution < 1.29 is 9.53 Å². The van der Waals surface area contributed by atoms with E-state index in [0.717, 1.165) is 5.56 Å². The fraction of sp³-hybridized carbons (Fsp3) is 0.231. The highest BCUT2D eigenvalue weighted by Crippen LogP contribution is 2.09. The Balaban J connectivity index is 2.70. The van der Waals surface area contributed by atoms with Gasteiger partial charge in [0.15, 0.2) is 5.57 Å². The van der Waals surface area contributed by atoms with Crippen molar-refractivity contribution in [2.24, 2.45) is 0 Å². The third kappa shape index (κ3) is 4.15. The van der Waals surface area contributed by atoms with Crippen LogP contribution in [0.1, 0.15) is 12.5 Å². The van der Waals surface area contributed by atoms with Crippen LogP contribution in [0.4, 0.5) is 0 Å². The second-order valence-corrected chi connectivity index (χ2v) is 3.84. The number of esters is 1. The van der Waals surface area contributed by atoms with E-state index in [1.807, 2.05) is 30.3 Å². The van der Waals surface area contributed by atoms with Gasteiger partial charge in [0.2, 0.25) is 0 Å². The Morgan fingerprint density at radius 2 is 2.11 bits per heavy atom. The van der Waals surface area contributed by atoms with Crippen molar-refractivity contribution in [3.8, 4) is 6.07 Å². The minimum Gasteiger partial charge on any atom is -0.462 e. The number of carbonyl (C=O) groups excluding carboxylic acids is 1. The van der Waals surface area contributed by atoms with Crippen molar-refractivity contribution in [2.45, 2.75) is 13.5 Å². The molecule has 0 saturated carbocycles. The molecule has 0 atom stereocenters. The standard InChI is InChI=1S/C13H14N2O2S/c1-2-17-13(16)11(8-14)12(18)15-9-10-6-4-3-5-7-10/h3-7,15,18H,2,9H2,1H3/b12-11-. The van der Waals surface area contributed by atoms with Gasteiger partial charge < -0.3 is 10.1 Å². The minimum absolute atomic E-state index is 0.115. The zero-order chi connectivity index (χ0) is 13.4. The van der Waals surface area contributed by atoms with Gasteiger partial charge in [-0.3, -0.25) is 0 Å². The third-order valence-corrected chi connectivity index (χ3v) is 2.51. The molecule has 18 heavy (non-hydrogen) atoms. The van der Waals surface area contributed by atoms with Gasteiger partial charge in [0.25, 0.3) is 0 Å². The van der Waals surface area contributed by atoms with Gasteiger partial charge in [0, 0.05) is 6.54 Å². The molecule has 0 aliphatic carbocycles. The van der Waals surface area contributed by atoms with Gasteiger partial charge in [-0.1, -0.05) is 30.3 Å². The Kier molecular flexibility index (Phi) is 5.81. The maximum Gasteiger partial charge on any atom is 0.351 e. The number of rotatable bonds is 5. The number of thiol groups is 1. The van der Waals surface area contributed by atoms with Crippen molar-refractivity contribution in [2.75, 3.05) is 6.61 Å². The highest BCUT2D eigenvalue weighted by molar-refractivity contribution is 7.84. The van der Waals surface area contributed by atoms with Gasteiger partial charge in [-0.25, -0.2) is 4.79 Å². The maximum absolute atomic E-state index is 11.4. The van der Waals surface area contributed by atoms with Crippen molar-refractivity contribution in [3.05, 3.63) is 46.5 Å². The predicted octanol–water partition coefficient (Wildman–Crippen LogP) is 2.00. The molecule has 0 bridgehead atoms. The van der Waals surface area contributed by atoms with Gasteiger partial charge in [-0.05, 0) is 12.5 Å². The normalized spacial score (nSPS) is 11.2. The first kappa shape index (κ1) is 14.1. The van der Waals surface area contributed by atoms with Crippen LogP contribution >= 0.6 is 12.6 Å². The quantitative estimate of drug-likeness (QED) is 0.369. The molecule has 0 aliphatic rings. The van der Waals surface area contributed by atoms with Crippen molar-refractivity contribution in [3.63, 3.8) is 0 Å². The van der Waals surface area contributed by atoms with Crippen LogP contribution < -0.4 is 5.32 Å². The Hall–Kier alpha value is -1.93. The second kappa shape index (κ2) is 7.41. The molecule has 0 unspecified atom stereocenters. The van der Waals surface area contributed by atoms with Crippen molar-refractivity contribution in [1.82, 2.24) is 5.32 Å². The Labute approximate surface area is 112 Å². The summed E-state index contributed by atoms with van der Waals surface area (Å²) in [5, 5.41) is 12.0. The van der Waals surface area contributed by atoms with Crippen molar-refractivity contribution >= 4 is 18.6 Å². The summed E-state index contributed by atoms with van der Waals surface area (Å²) >= 11 is 4.11. The molecule has 94 valence electrons.